The van der Waals surface area contributed by atoms with Crippen molar-refractivity contribution in [3.8, 4) is 0 Å². The molecule has 3 aliphatic rings. The lowest BCUT2D eigenvalue weighted by atomic mass is 9.73. The van der Waals surface area contributed by atoms with Gasteiger partial charge >= 0.3 is 0 Å². The largest absolute Gasteiger partial charge is 0.483 e. The fourth-order valence-corrected chi connectivity index (χ4v) is 5.15. The second kappa shape index (κ2) is 9.57. The van der Waals surface area contributed by atoms with Gasteiger partial charge in [-0.3, -0.25) is 19.3 Å². The van der Waals surface area contributed by atoms with Gasteiger partial charge in [-0.05, 0) is 38.8 Å². The number of carbonyl (C=O) groups is 3. The first-order chi connectivity index (χ1) is 14.4. The number of likely N-dealkylation sites (tertiary alicyclic amines) is 1. The van der Waals surface area contributed by atoms with Crippen LogP contribution in [0.5, 0.6) is 0 Å². The molecule has 3 aliphatic heterocycles. The summed E-state index contributed by atoms with van der Waals surface area (Å²) in [6.45, 7) is 7.13. The number of hydrogen-bond acceptors (Lipinski definition) is 5. The van der Waals surface area contributed by atoms with E-state index >= 15 is 0 Å². The Balaban J connectivity index is 0.000000806. The zero-order valence-electron chi connectivity index (χ0n) is 17.6. The third kappa shape index (κ3) is 4.65. The van der Waals surface area contributed by atoms with Crippen molar-refractivity contribution in [1.82, 2.24) is 15.5 Å². The Morgan fingerprint density at radius 3 is 2.67 bits per heavy atom. The Hall–Kier alpha value is -2.45. The van der Waals surface area contributed by atoms with Crippen LogP contribution in [-0.2, 0) is 14.3 Å². The molecule has 4 rings (SSSR count). The molecule has 1 spiro atoms. The highest BCUT2D eigenvalue weighted by Crippen LogP contribution is 2.54. The van der Waals surface area contributed by atoms with Crippen LogP contribution in [0.25, 0.3) is 0 Å². The van der Waals surface area contributed by atoms with E-state index in [9.17, 15) is 9.59 Å². The maximum Gasteiger partial charge on any atom is 0.290 e. The number of rotatable bonds is 6. The molecule has 8 heteroatoms. The number of nitrogens with one attached hydrogen (secondary N) is 2. The van der Waals surface area contributed by atoms with Crippen LogP contribution in [0, 0.1) is 18.8 Å². The van der Waals surface area contributed by atoms with Gasteiger partial charge in [-0.25, -0.2) is 0 Å². The average Bonchev–Trinajstić information content (AvgIpc) is 3.35. The van der Waals surface area contributed by atoms with E-state index in [-0.39, 0.29) is 30.0 Å². The van der Waals surface area contributed by atoms with Gasteiger partial charge in [0.05, 0.1) is 18.2 Å². The molecule has 3 heterocycles. The molecule has 2 bridgehead atoms. The number of nitrogens with zero attached hydrogens (tertiary/aromatic N) is 1. The number of likely N-dealkylation sites (N-methyl/N-ethyl adjacent to an activating group) is 1. The first kappa shape index (κ1) is 22.2. The fraction of sp³-hybridized carbons (Fsp3) is 0.591. The SMILES string of the molecule is CCNC(=O)CN1C[C@@H]2[C@H](CNC(=O)c3ccc(C)cc3)[C@H]3CC[C@]2(C1)O3.O=CO. The van der Waals surface area contributed by atoms with E-state index < -0.39 is 0 Å². The van der Waals surface area contributed by atoms with Crippen LogP contribution in [0.2, 0.25) is 0 Å². The van der Waals surface area contributed by atoms with E-state index in [1.54, 1.807) is 0 Å². The summed E-state index contributed by atoms with van der Waals surface area (Å²) in [5.74, 6) is 0.771. The van der Waals surface area contributed by atoms with Crippen molar-refractivity contribution in [2.24, 2.45) is 11.8 Å². The standard InChI is InChI=1S/C21H29N3O3.CH2O2/c1-3-22-19(25)12-24-11-17-16(18-8-9-21(17,13-24)27-18)10-23-20(26)15-6-4-14(2)5-7-15;2-1-3/h4-7,16-18H,3,8-13H2,1-2H3,(H,22,25)(H,23,26);1H,(H,2,3)/t16-,17+,18+,21+;/m0./s1. The van der Waals surface area contributed by atoms with Gasteiger partial charge in [0.25, 0.3) is 12.4 Å². The Kier molecular flexibility index (Phi) is 7.10. The zero-order chi connectivity index (χ0) is 21.7. The maximum atomic E-state index is 12.5. The second-order valence-corrected chi connectivity index (χ2v) is 8.33. The van der Waals surface area contributed by atoms with E-state index in [0.717, 1.165) is 31.5 Å². The molecule has 164 valence electrons. The molecule has 3 fully saturated rings. The first-order valence-corrected chi connectivity index (χ1v) is 10.5. The van der Waals surface area contributed by atoms with Crippen LogP contribution in [0.4, 0.5) is 0 Å². The Morgan fingerprint density at radius 2 is 2.00 bits per heavy atom. The molecule has 3 N–H and O–H groups in total. The number of fused-ring (bicyclic) bond motifs is 1. The zero-order valence-corrected chi connectivity index (χ0v) is 17.6. The van der Waals surface area contributed by atoms with E-state index in [0.29, 0.717) is 37.0 Å². The lowest BCUT2D eigenvalue weighted by Gasteiger charge is -2.29. The van der Waals surface area contributed by atoms with Crippen molar-refractivity contribution >= 4 is 18.3 Å². The molecule has 2 amide bonds. The maximum absolute atomic E-state index is 12.5. The van der Waals surface area contributed by atoms with Gasteiger partial charge in [-0.2, -0.15) is 0 Å². The average molecular weight is 418 g/mol. The normalized spacial score (nSPS) is 28.9. The summed E-state index contributed by atoms with van der Waals surface area (Å²) < 4.78 is 6.40. The molecule has 0 aromatic heterocycles. The van der Waals surface area contributed by atoms with Gasteiger partial charge in [0.2, 0.25) is 5.91 Å². The molecule has 3 saturated heterocycles. The summed E-state index contributed by atoms with van der Waals surface area (Å²) in [5, 5.41) is 12.9. The van der Waals surface area contributed by atoms with E-state index in [1.807, 2.05) is 38.1 Å². The van der Waals surface area contributed by atoms with Gasteiger partial charge in [0.1, 0.15) is 0 Å². The second-order valence-electron chi connectivity index (χ2n) is 8.33. The van der Waals surface area contributed by atoms with Gasteiger partial charge in [-0.15, -0.1) is 0 Å². The lowest BCUT2D eigenvalue weighted by molar-refractivity contribution is -0.123. The van der Waals surface area contributed by atoms with Gasteiger partial charge in [0.15, 0.2) is 0 Å². The molecule has 0 radical (unpaired) electrons. The van der Waals surface area contributed by atoms with Crippen LogP contribution in [-0.4, -0.2) is 72.7 Å². The molecule has 8 nitrogen and oxygen atoms in total. The number of hydrogen-bond donors (Lipinski definition) is 3. The minimum Gasteiger partial charge on any atom is -0.483 e. The highest BCUT2D eigenvalue weighted by Gasteiger charge is 2.62. The monoisotopic (exact) mass is 417 g/mol. The van der Waals surface area contributed by atoms with Crippen LogP contribution in [0.15, 0.2) is 24.3 Å². The first-order valence-electron chi connectivity index (χ1n) is 10.5. The number of amides is 2. The Labute approximate surface area is 177 Å². The predicted molar refractivity (Wildman–Crippen MR) is 111 cm³/mol. The van der Waals surface area contributed by atoms with Gasteiger partial charge < -0.3 is 20.5 Å². The number of benzene rings is 1. The molecule has 1 aromatic rings. The van der Waals surface area contributed by atoms with Gasteiger partial charge in [0, 0.05) is 43.6 Å². The van der Waals surface area contributed by atoms with E-state index in [2.05, 4.69) is 15.5 Å². The molecule has 0 aliphatic carbocycles. The van der Waals surface area contributed by atoms with Crippen molar-refractivity contribution < 1.29 is 24.2 Å². The minimum absolute atomic E-state index is 0.0241. The van der Waals surface area contributed by atoms with Crippen LogP contribution < -0.4 is 10.6 Å². The van der Waals surface area contributed by atoms with Crippen LogP contribution in [0.3, 0.4) is 0 Å². The third-order valence-corrected chi connectivity index (χ3v) is 6.41. The molecular weight excluding hydrogens is 386 g/mol. The number of aryl methyl sites for hydroxylation is 1. The van der Waals surface area contributed by atoms with Crippen molar-refractivity contribution in [2.45, 2.75) is 38.4 Å². The fourth-order valence-electron chi connectivity index (χ4n) is 5.15. The van der Waals surface area contributed by atoms with Crippen molar-refractivity contribution in [1.29, 1.82) is 0 Å². The summed E-state index contributed by atoms with van der Waals surface area (Å²) >= 11 is 0. The lowest BCUT2D eigenvalue weighted by Crippen LogP contribution is -2.41. The van der Waals surface area contributed by atoms with Crippen LogP contribution >= 0.6 is 0 Å². The Morgan fingerprint density at radius 1 is 1.30 bits per heavy atom. The molecule has 0 unspecified atom stereocenters. The van der Waals surface area contributed by atoms with E-state index in [1.165, 1.54) is 0 Å². The number of carboxylic acid groups (broad SMARTS) is 1. The molecule has 30 heavy (non-hydrogen) atoms. The Bertz CT molecular complexity index is 769. The summed E-state index contributed by atoms with van der Waals surface area (Å²) in [6, 6.07) is 7.65. The smallest absolute Gasteiger partial charge is 0.290 e. The molecular formula is C22H31N3O5. The third-order valence-electron chi connectivity index (χ3n) is 6.41. The quantitative estimate of drug-likeness (QED) is 0.597. The summed E-state index contributed by atoms with van der Waals surface area (Å²) in [4.78, 5) is 35.0. The molecule has 1 aromatic carbocycles. The van der Waals surface area contributed by atoms with Gasteiger partial charge in [-0.1, -0.05) is 17.7 Å². The highest BCUT2D eigenvalue weighted by atomic mass is 16.5. The number of carbonyl (C=O) groups excluding carboxylic acids is 2. The summed E-state index contributed by atoms with van der Waals surface area (Å²) in [7, 11) is 0. The molecule has 0 saturated carbocycles. The topological polar surface area (TPSA) is 108 Å². The van der Waals surface area contributed by atoms with Crippen molar-refractivity contribution in [3.05, 3.63) is 35.4 Å². The summed E-state index contributed by atoms with van der Waals surface area (Å²) in [6.07, 6.45) is 2.35. The van der Waals surface area contributed by atoms with Crippen molar-refractivity contribution in [3.63, 3.8) is 0 Å². The van der Waals surface area contributed by atoms with Crippen LogP contribution in [0.1, 0.15) is 35.7 Å². The van der Waals surface area contributed by atoms with Crippen molar-refractivity contribution in [2.75, 3.05) is 32.7 Å². The van der Waals surface area contributed by atoms with E-state index in [4.69, 9.17) is 14.6 Å². The molecule has 4 atom stereocenters. The number of ether oxygens (including phenoxy) is 1. The minimum atomic E-state index is -0.250. The predicted octanol–water partition coefficient (Wildman–Crippen LogP) is 1.04. The highest BCUT2D eigenvalue weighted by molar-refractivity contribution is 5.94. The summed E-state index contributed by atoms with van der Waals surface area (Å²) in [5.41, 5.74) is 1.73.